The zero-order valence-corrected chi connectivity index (χ0v) is 12.2. The maximum absolute atomic E-state index is 12.4. The summed E-state index contributed by atoms with van der Waals surface area (Å²) in [6, 6.07) is 13.9. The van der Waals surface area contributed by atoms with Gasteiger partial charge in [-0.15, -0.1) is 0 Å². The van der Waals surface area contributed by atoms with Gasteiger partial charge in [-0.05, 0) is 29.8 Å². The van der Waals surface area contributed by atoms with Gasteiger partial charge in [0.25, 0.3) is 0 Å². The molecular formula is C18H14F3NO. The van der Waals surface area contributed by atoms with Crippen LogP contribution >= 0.6 is 0 Å². The molecular weight excluding hydrogens is 303 g/mol. The summed E-state index contributed by atoms with van der Waals surface area (Å²) in [7, 11) is 0. The number of alkyl halides is 3. The van der Waals surface area contributed by atoms with E-state index in [1.54, 1.807) is 0 Å². The molecule has 0 aliphatic carbocycles. The quantitative estimate of drug-likeness (QED) is 0.864. The van der Waals surface area contributed by atoms with Crippen LogP contribution in [-0.4, -0.2) is 12.5 Å². The fourth-order valence-corrected chi connectivity index (χ4v) is 1.87. The fourth-order valence-electron chi connectivity index (χ4n) is 1.87. The standard InChI is InChI=1S/C18H14F3NO/c19-18(20,21)16-10-8-15(9-11-16)13-17(23)22-12-4-7-14-5-2-1-3-6-14/h1-3,5-6,8-11H,12-13H2,(H,22,23). The second-order valence-electron chi connectivity index (χ2n) is 4.82. The van der Waals surface area contributed by atoms with Crippen LogP contribution in [0.2, 0.25) is 0 Å². The van der Waals surface area contributed by atoms with Gasteiger partial charge in [0.05, 0.1) is 18.5 Å². The van der Waals surface area contributed by atoms with E-state index in [9.17, 15) is 18.0 Å². The van der Waals surface area contributed by atoms with Gasteiger partial charge in [-0.3, -0.25) is 4.79 Å². The Bertz CT molecular complexity index is 710. The van der Waals surface area contributed by atoms with E-state index < -0.39 is 11.7 Å². The zero-order valence-electron chi connectivity index (χ0n) is 12.2. The van der Waals surface area contributed by atoms with Gasteiger partial charge in [-0.25, -0.2) is 0 Å². The lowest BCUT2D eigenvalue weighted by atomic mass is 10.1. The van der Waals surface area contributed by atoms with Crippen molar-refractivity contribution < 1.29 is 18.0 Å². The zero-order chi connectivity index (χ0) is 16.7. The van der Waals surface area contributed by atoms with Crippen molar-refractivity contribution in [1.29, 1.82) is 0 Å². The molecule has 1 N–H and O–H groups in total. The third kappa shape index (κ3) is 5.51. The van der Waals surface area contributed by atoms with Gasteiger partial charge in [-0.1, -0.05) is 42.2 Å². The van der Waals surface area contributed by atoms with Gasteiger partial charge in [0.1, 0.15) is 0 Å². The van der Waals surface area contributed by atoms with Crippen LogP contribution in [0.5, 0.6) is 0 Å². The smallest absolute Gasteiger partial charge is 0.345 e. The Hall–Kier alpha value is -2.74. The SMILES string of the molecule is O=C(Cc1ccc(C(F)(F)F)cc1)NCC#Cc1ccccc1. The average Bonchev–Trinajstić information content (AvgIpc) is 2.52. The third-order valence-electron chi connectivity index (χ3n) is 3.03. The lowest BCUT2D eigenvalue weighted by Crippen LogP contribution is -2.25. The molecule has 0 heterocycles. The number of amides is 1. The highest BCUT2D eigenvalue weighted by Crippen LogP contribution is 2.29. The number of rotatable bonds is 3. The molecule has 23 heavy (non-hydrogen) atoms. The van der Waals surface area contributed by atoms with E-state index in [-0.39, 0.29) is 18.9 Å². The molecule has 1 amide bonds. The lowest BCUT2D eigenvalue weighted by Gasteiger charge is -2.07. The molecule has 0 aliphatic rings. The maximum Gasteiger partial charge on any atom is 0.416 e. The molecule has 0 atom stereocenters. The van der Waals surface area contributed by atoms with Crippen LogP contribution < -0.4 is 5.32 Å². The van der Waals surface area contributed by atoms with Crippen molar-refractivity contribution in [2.24, 2.45) is 0 Å². The molecule has 0 aliphatic heterocycles. The number of carbonyl (C=O) groups excluding carboxylic acids is 1. The minimum absolute atomic E-state index is 0.0190. The van der Waals surface area contributed by atoms with E-state index in [1.165, 1.54) is 12.1 Å². The molecule has 2 nitrogen and oxygen atoms in total. The highest BCUT2D eigenvalue weighted by molar-refractivity contribution is 5.78. The monoisotopic (exact) mass is 317 g/mol. The van der Waals surface area contributed by atoms with Gasteiger partial charge in [0.15, 0.2) is 0 Å². The Morgan fingerprint density at radius 1 is 1.00 bits per heavy atom. The van der Waals surface area contributed by atoms with E-state index in [4.69, 9.17) is 0 Å². The highest BCUT2D eigenvalue weighted by atomic mass is 19.4. The molecule has 0 aromatic heterocycles. The van der Waals surface area contributed by atoms with Crippen molar-refractivity contribution in [2.45, 2.75) is 12.6 Å². The molecule has 5 heteroatoms. The Kier molecular flexibility index (Phi) is 5.42. The molecule has 0 fully saturated rings. The van der Waals surface area contributed by atoms with Gasteiger partial charge < -0.3 is 5.32 Å². The van der Waals surface area contributed by atoms with Crippen LogP contribution in [0.4, 0.5) is 13.2 Å². The summed E-state index contributed by atoms with van der Waals surface area (Å²) < 4.78 is 37.3. The highest BCUT2D eigenvalue weighted by Gasteiger charge is 2.29. The molecule has 0 saturated heterocycles. The first-order chi connectivity index (χ1) is 10.9. The van der Waals surface area contributed by atoms with E-state index in [0.717, 1.165) is 17.7 Å². The topological polar surface area (TPSA) is 29.1 Å². The van der Waals surface area contributed by atoms with Crippen molar-refractivity contribution in [1.82, 2.24) is 5.32 Å². The molecule has 0 bridgehead atoms. The number of hydrogen-bond donors (Lipinski definition) is 1. The summed E-state index contributed by atoms with van der Waals surface area (Å²) in [6.07, 6.45) is -4.35. The summed E-state index contributed by atoms with van der Waals surface area (Å²) >= 11 is 0. The normalized spacial score (nSPS) is 10.6. The third-order valence-corrected chi connectivity index (χ3v) is 3.03. The van der Waals surface area contributed by atoms with Crippen LogP contribution in [0.25, 0.3) is 0 Å². The molecule has 0 radical (unpaired) electrons. The van der Waals surface area contributed by atoms with Crippen molar-refractivity contribution in [3.8, 4) is 11.8 Å². The first-order valence-corrected chi connectivity index (χ1v) is 6.92. The van der Waals surface area contributed by atoms with E-state index in [0.29, 0.717) is 5.56 Å². The summed E-state index contributed by atoms with van der Waals surface area (Å²) in [6.45, 7) is 0.189. The number of benzene rings is 2. The first-order valence-electron chi connectivity index (χ1n) is 6.92. The number of carbonyl (C=O) groups is 1. The molecule has 0 spiro atoms. The summed E-state index contributed by atoms with van der Waals surface area (Å²) in [5.74, 6) is 5.43. The van der Waals surface area contributed by atoms with Crippen LogP contribution in [-0.2, 0) is 17.4 Å². The van der Waals surface area contributed by atoms with Gasteiger partial charge in [0.2, 0.25) is 5.91 Å². The largest absolute Gasteiger partial charge is 0.416 e. The average molecular weight is 317 g/mol. The van der Waals surface area contributed by atoms with Crippen molar-refractivity contribution in [3.63, 3.8) is 0 Å². The molecule has 0 unspecified atom stereocenters. The van der Waals surface area contributed by atoms with E-state index >= 15 is 0 Å². The van der Waals surface area contributed by atoms with Crippen LogP contribution in [0, 0.1) is 11.8 Å². The second kappa shape index (κ2) is 7.50. The Labute approximate surface area is 132 Å². The van der Waals surface area contributed by atoms with Gasteiger partial charge in [0, 0.05) is 5.56 Å². The Morgan fingerprint density at radius 3 is 2.26 bits per heavy atom. The Balaban J connectivity index is 1.82. The fraction of sp³-hybridized carbons (Fsp3) is 0.167. The van der Waals surface area contributed by atoms with Crippen molar-refractivity contribution in [3.05, 3.63) is 71.3 Å². The van der Waals surface area contributed by atoms with E-state index in [2.05, 4.69) is 17.2 Å². The number of halogens is 3. The minimum Gasteiger partial charge on any atom is -0.345 e. The van der Waals surface area contributed by atoms with Crippen molar-refractivity contribution in [2.75, 3.05) is 6.54 Å². The van der Waals surface area contributed by atoms with Crippen LogP contribution in [0.1, 0.15) is 16.7 Å². The van der Waals surface area contributed by atoms with Gasteiger partial charge >= 0.3 is 6.18 Å². The summed E-state index contributed by atoms with van der Waals surface area (Å²) in [5.41, 5.74) is 0.645. The summed E-state index contributed by atoms with van der Waals surface area (Å²) in [4.78, 5) is 11.7. The maximum atomic E-state index is 12.4. The Morgan fingerprint density at radius 2 is 1.65 bits per heavy atom. The van der Waals surface area contributed by atoms with Crippen molar-refractivity contribution >= 4 is 5.91 Å². The predicted molar refractivity (Wildman–Crippen MR) is 81.5 cm³/mol. The van der Waals surface area contributed by atoms with Crippen LogP contribution in [0.3, 0.4) is 0 Å². The number of nitrogens with one attached hydrogen (secondary N) is 1. The molecule has 2 rings (SSSR count). The minimum atomic E-state index is -4.37. The lowest BCUT2D eigenvalue weighted by molar-refractivity contribution is -0.137. The first kappa shape index (κ1) is 16.6. The predicted octanol–water partition coefficient (Wildman–Crippen LogP) is 3.42. The molecule has 2 aromatic rings. The van der Waals surface area contributed by atoms with Crippen LogP contribution in [0.15, 0.2) is 54.6 Å². The molecule has 2 aromatic carbocycles. The summed E-state index contributed by atoms with van der Waals surface area (Å²) in [5, 5.41) is 2.61. The second-order valence-corrected chi connectivity index (χ2v) is 4.82. The van der Waals surface area contributed by atoms with E-state index in [1.807, 2.05) is 30.3 Å². The number of hydrogen-bond acceptors (Lipinski definition) is 1. The molecule has 0 saturated carbocycles. The van der Waals surface area contributed by atoms with Gasteiger partial charge in [-0.2, -0.15) is 13.2 Å². The molecule has 118 valence electrons.